The van der Waals surface area contributed by atoms with Crippen molar-refractivity contribution in [1.82, 2.24) is 4.98 Å². The van der Waals surface area contributed by atoms with E-state index in [0.717, 1.165) is 21.0 Å². The van der Waals surface area contributed by atoms with Gasteiger partial charge in [0.25, 0.3) is 0 Å². The summed E-state index contributed by atoms with van der Waals surface area (Å²) in [5, 5.41) is 5.50. The van der Waals surface area contributed by atoms with Crippen LogP contribution in [0.15, 0.2) is 81.9 Å². The summed E-state index contributed by atoms with van der Waals surface area (Å²) in [6, 6.07) is 17.5. The van der Waals surface area contributed by atoms with Crippen LogP contribution in [0.2, 0.25) is 5.02 Å². The molecule has 3 nitrogen and oxygen atoms in total. The van der Waals surface area contributed by atoms with Gasteiger partial charge in [-0.3, -0.25) is 0 Å². The van der Waals surface area contributed by atoms with E-state index in [2.05, 4.69) is 10.1 Å². The molecule has 0 bridgehead atoms. The highest BCUT2D eigenvalue weighted by molar-refractivity contribution is 7.99. The third kappa shape index (κ3) is 5.59. The minimum absolute atomic E-state index is 0.269. The first-order valence-electron chi connectivity index (χ1n) is 7.48. The van der Waals surface area contributed by atoms with Crippen molar-refractivity contribution in [3.05, 3.63) is 88.8 Å². The standard InChI is InChI=1S/C19H14ClFN2OS/c20-16-4-8-18(9-5-16)25-19-10-3-15(11-22-19)12-23-24-13-14-1-6-17(21)7-2-14/h1-12H,13H2/b23-12-. The topological polar surface area (TPSA) is 34.5 Å². The van der Waals surface area contributed by atoms with Crippen LogP contribution in [0.5, 0.6) is 0 Å². The maximum absolute atomic E-state index is 12.8. The zero-order valence-corrected chi connectivity index (χ0v) is 14.7. The smallest absolute Gasteiger partial charge is 0.142 e. The van der Waals surface area contributed by atoms with Gasteiger partial charge in [-0.05, 0) is 54.1 Å². The van der Waals surface area contributed by atoms with Crippen molar-refractivity contribution in [2.75, 3.05) is 0 Å². The van der Waals surface area contributed by atoms with Crippen LogP contribution in [0.25, 0.3) is 0 Å². The van der Waals surface area contributed by atoms with Gasteiger partial charge < -0.3 is 4.84 Å². The molecule has 1 aromatic heterocycles. The minimum atomic E-state index is -0.269. The molecule has 0 saturated carbocycles. The molecule has 0 aliphatic carbocycles. The molecule has 0 radical (unpaired) electrons. The van der Waals surface area contributed by atoms with E-state index in [1.165, 1.54) is 12.1 Å². The van der Waals surface area contributed by atoms with Crippen molar-refractivity contribution in [1.29, 1.82) is 0 Å². The molecule has 6 heteroatoms. The van der Waals surface area contributed by atoms with Gasteiger partial charge in [-0.2, -0.15) is 0 Å². The number of oxime groups is 1. The molecule has 0 aliphatic rings. The largest absolute Gasteiger partial charge is 0.391 e. The van der Waals surface area contributed by atoms with Gasteiger partial charge in [0.1, 0.15) is 17.5 Å². The second-order valence-electron chi connectivity index (χ2n) is 5.12. The lowest BCUT2D eigenvalue weighted by molar-refractivity contribution is 0.132. The highest BCUT2D eigenvalue weighted by Gasteiger charge is 1.99. The Morgan fingerprint density at radius 1 is 1.04 bits per heavy atom. The Bertz CT molecular complexity index is 837. The van der Waals surface area contributed by atoms with Gasteiger partial charge in [-0.15, -0.1) is 0 Å². The summed E-state index contributed by atoms with van der Waals surface area (Å²) in [7, 11) is 0. The Kier molecular flexibility index (Phi) is 6.04. The molecule has 126 valence electrons. The van der Waals surface area contributed by atoms with Crippen molar-refractivity contribution in [2.45, 2.75) is 16.5 Å². The zero-order chi connectivity index (χ0) is 17.5. The van der Waals surface area contributed by atoms with E-state index in [9.17, 15) is 4.39 Å². The Morgan fingerprint density at radius 2 is 1.80 bits per heavy atom. The number of rotatable bonds is 6. The van der Waals surface area contributed by atoms with Crippen molar-refractivity contribution in [3.63, 3.8) is 0 Å². The van der Waals surface area contributed by atoms with Crippen LogP contribution >= 0.6 is 23.4 Å². The highest BCUT2D eigenvalue weighted by atomic mass is 35.5. The molecular formula is C19H14ClFN2OS. The molecule has 0 N–H and O–H groups in total. The molecule has 0 spiro atoms. The van der Waals surface area contributed by atoms with Gasteiger partial charge in [0.2, 0.25) is 0 Å². The maximum atomic E-state index is 12.8. The molecule has 25 heavy (non-hydrogen) atoms. The molecule has 0 saturated heterocycles. The monoisotopic (exact) mass is 372 g/mol. The summed E-state index contributed by atoms with van der Waals surface area (Å²) in [4.78, 5) is 10.7. The van der Waals surface area contributed by atoms with E-state index in [1.54, 1.807) is 36.3 Å². The lowest BCUT2D eigenvalue weighted by atomic mass is 10.2. The summed E-state index contributed by atoms with van der Waals surface area (Å²) in [6.45, 7) is 0.286. The average molecular weight is 373 g/mol. The lowest BCUT2D eigenvalue weighted by Gasteiger charge is -2.02. The van der Waals surface area contributed by atoms with Gasteiger partial charge in [0.05, 0.1) is 6.21 Å². The Morgan fingerprint density at radius 3 is 2.48 bits per heavy atom. The molecule has 3 aromatic rings. The van der Waals surface area contributed by atoms with E-state index in [0.29, 0.717) is 5.02 Å². The molecular weight excluding hydrogens is 359 g/mol. The minimum Gasteiger partial charge on any atom is -0.391 e. The predicted molar refractivity (Wildman–Crippen MR) is 98.6 cm³/mol. The van der Waals surface area contributed by atoms with E-state index in [1.807, 2.05) is 36.4 Å². The van der Waals surface area contributed by atoms with E-state index < -0.39 is 0 Å². The van der Waals surface area contributed by atoms with E-state index >= 15 is 0 Å². The maximum Gasteiger partial charge on any atom is 0.142 e. The van der Waals surface area contributed by atoms with Crippen LogP contribution in [-0.4, -0.2) is 11.2 Å². The first-order valence-corrected chi connectivity index (χ1v) is 8.68. The Labute approximate surface area is 154 Å². The van der Waals surface area contributed by atoms with Crippen molar-refractivity contribution in [3.8, 4) is 0 Å². The Hall–Kier alpha value is -2.37. The van der Waals surface area contributed by atoms with E-state index in [-0.39, 0.29) is 12.4 Å². The van der Waals surface area contributed by atoms with Crippen molar-refractivity contribution >= 4 is 29.6 Å². The normalized spacial score (nSPS) is 11.0. The fourth-order valence-electron chi connectivity index (χ4n) is 1.94. The Balaban J connectivity index is 1.51. The van der Waals surface area contributed by atoms with Gasteiger partial charge in [-0.1, -0.05) is 40.7 Å². The molecule has 0 atom stereocenters. The van der Waals surface area contributed by atoms with Gasteiger partial charge in [0, 0.05) is 21.7 Å². The third-order valence-corrected chi connectivity index (χ3v) is 4.43. The number of pyridine rings is 1. The quantitative estimate of drug-likeness (QED) is 0.418. The fraction of sp³-hybridized carbons (Fsp3) is 0.0526. The SMILES string of the molecule is Fc1ccc(CO/N=C\c2ccc(Sc3ccc(Cl)cc3)nc2)cc1. The first-order chi connectivity index (χ1) is 12.2. The number of benzene rings is 2. The summed E-state index contributed by atoms with van der Waals surface area (Å²) < 4.78 is 12.8. The summed E-state index contributed by atoms with van der Waals surface area (Å²) >= 11 is 7.43. The highest BCUT2D eigenvalue weighted by Crippen LogP contribution is 2.26. The third-order valence-electron chi connectivity index (χ3n) is 3.22. The predicted octanol–water partition coefficient (Wildman–Crippen LogP) is 5.58. The van der Waals surface area contributed by atoms with Gasteiger partial charge in [-0.25, -0.2) is 9.37 Å². The van der Waals surface area contributed by atoms with Crippen LogP contribution in [0.1, 0.15) is 11.1 Å². The molecule has 2 aromatic carbocycles. The molecule has 0 fully saturated rings. The fourth-order valence-corrected chi connectivity index (χ4v) is 2.82. The number of aromatic nitrogens is 1. The molecule has 0 aliphatic heterocycles. The van der Waals surface area contributed by atoms with Crippen molar-refractivity contribution < 1.29 is 9.23 Å². The summed E-state index contributed by atoms with van der Waals surface area (Å²) in [6.07, 6.45) is 3.32. The summed E-state index contributed by atoms with van der Waals surface area (Å²) in [5.41, 5.74) is 1.69. The second-order valence-corrected chi connectivity index (χ2v) is 6.65. The van der Waals surface area contributed by atoms with E-state index in [4.69, 9.17) is 16.4 Å². The zero-order valence-electron chi connectivity index (χ0n) is 13.1. The van der Waals surface area contributed by atoms with Crippen LogP contribution in [0.4, 0.5) is 4.39 Å². The van der Waals surface area contributed by atoms with Crippen LogP contribution in [-0.2, 0) is 11.4 Å². The molecule has 3 rings (SSSR count). The number of halogens is 2. The van der Waals surface area contributed by atoms with Gasteiger partial charge in [0.15, 0.2) is 0 Å². The van der Waals surface area contributed by atoms with Crippen molar-refractivity contribution in [2.24, 2.45) is 5.16 Å². The number of hydrogen-bond acceptors (Lipinski definition) is 4. The first kappa shape index (κ1) is 17.5. The van der Waals surface area contributed by atoms with Crippen LogP contribution < -0.4 is 0 Å². The molecule has 0 amide bonds. The van der Waals surface area contributed by atoms with Gasteiger partial charge >= 0.3 is 0 Å². The van der Waals surface area contributed by atoms with Crippen LogP contribution in [0, 0.1) is 5.82 Å². The molecule has 1 heterocycles. The molecule has 0 unspecified atom stereocenters. The number of hydrogen-bond donors (Lipinski definition) is 0. The second kappa shape index (κ2) is 8.65. The van der Waals surface area contributed by atoms with Crippen LogP contribution in [0.3, 0.4) is 0 Å². The summed E-state index contributed by atoms with van der Waals surface area (Å²) in [5.74, 6) is -0.269. The lowest BCUT2D eigenvalue weighted by Crippen LogP contribution is -1.89. The number of nitrogens with zero attached hydrogens (tertiary/aromatic N) is 2. The average Bonchev–Trinajstić information content (AvgIpc) is 2.63.